The Morgan fingerprint density at radius 2 is 1.97 bits per heavy atom. The number of nitrogens with one attached hydrogen (secondary N) is 2. The van der Waals surface area contributed by atoms with Crippen LogP contribution in [0.5, 0.6) is 0 Å². The Kier molecular flexibility index (Phi) is 5.51. The molecule has 2 atom stereocenters. The molecule has 0 bridgehead atoms. The number of nitrogens with zero attached hydrogens (tertiary/aromatic N) is 2. The van der Waals surface area contributed by atoms with Gasteiger partial charge in [0.25, 0.3) is 5.91 Å². The fourth-order valence-electron chi connectivity index (χ4n) is 5.86. The van der Waals surface area contributed by atoms with Crippen molar-refractivity contribution in [2.24, 2.45) is 5.92 Å². The van der Waals surface area contributed by atoms with Gasteiger partial charge in [-0.1, -0.05) is 6.07 Å². The van der Waals surface area contributed by atoms with E-state index in [9.17, 15) is 19.2 Å². The van der Waals surface area contributed by atoms with E-state index in [2.05, 4.69) is 22.1 Å². The molecule has 0 radical (unpaired) electrons. The van der Waals surface area contributed by atoms with Crippen LogP contribution in [0.15, 0.2) is 29.6 Å². The molecule has 4 aliphatic rings. The second-order valence-electron chi connectivity index (χ2n) is 10.00. The summed E-state index contributed by atoms with van der Waals surface area (Å²) in [6, 6.07) is 7.07. The standard InChI is InChI=1S/C26H28N4O5S/c1-27-24(33)28-18-4-5-19-16(12-18)8-10-26(19)23(32)30(25(34)35-26)14-22(31)29-13-17-9-11-36-21(17)7-6-20(29)15-2-3-15/h4-5,9,11-12,15,20H,2-3,6-8,10,13-14H2,1H3,(H2,27,28,33)/t20?,26-/m0/s1. The molecule has 36 heavy (non-hydrogen) atoms. The number of hydrogen-bond acceptors (Lipinski definition) is 6. The van der Waals surface area contributed by atoms with E-state index >= 15 is 0 Å². The minimum atomic E-state index is -1.41. The van der Waals surface area contributed by atoms with E-state index < -0.39 is 17.6 Å². The van der Waals surface area contributed by atoms with Crippen LogP contribution in [0, 0.1) is 5.92 Å². The summed E-state index contributed by atoms with van der Waals surface area (Å²) < 4.78 is 5.72. The van der Waals surface area contributed by atoms with Gasteiger partial charge >= 0.3 is 12.1 Å². The van der Waals surface area contributed by atoms with Gasteiger partial charge in [-0.25, -0.2) is 14.5 Å². The Labute approximate surface area is 212 Å². The van der Waals surface area contributed by atoms with Crippen LogP contribution in [0.4, 0.5) is 15.3 Å². The predicted molar refractivity (Wildman–Crippen MR) is 132 cm³/mol. The summed E-state index contributed by atoms with van der Waals surface area (Å²) in [6.07, 6.45) is 4.16. The predicted octanol–water partition coefficient (Wildman–Crippen LogP) is 3.37. The van der Waals surface area contributed by atoms with Crippen LogP contribution in [0.1, 0.15) is 47.3 Å². The number of rotatable bonds is 4. The van der Waals surface area contributed by atoms with Gasteiger partial charge in [0.2, 0.25) is 11.5 Å². The van der Waals surface area contributed by atoms with Crippen LogP contribution in [0.2, 0.25) is 0 Å². The number of aryl methyl sites for hydroxylation is 2. The first kappa shape index (κ1) is 23.0. The van der Waals surface area contributed by atoms with Crippen molar-refractivity contribution in [3.05, 3.63) is 51.2 Å². The lowest BCUT2D eigenvalue weighted by Gasteiger charge is -2.31. The van der Waals surface area contributed by atoms with Gasteiger partial charge in [0, 0.05) is 42.2 Å². The van der Waals surface area contributed by atoms with Crippen LogP contribution in [-0.4, -0.2) is 53.4 Å². The van der Waals surface area contributed by atoms with E-state index in [4.69, 9.17) is 4.74 Å². The Bertz CT molecular complexity index is 1270. The highest BCUT2D eigenvalue weighted by Gasteiger charge is 2.58. The zero-order chi connectivity index (χ0) is 25.0. The van der Waals surface area contributed by atoms with Crippen LogP contribution in [0.25, 0.3) is 0 Å². The average Bonchev–Trinajstić information content (AvgIpc) is 3.50. The fourth-order valence-corrected chi connectivity index (χ4v) is 6.77. The lowest BCUT2D eigenvalue weighted by molar-refractivity contribution is -0.143. The molecule has 188 valence electrons. The third-order valence-corrected chi connectivity index (χ3v) is 8.89. The molecule has 9 nitrogen and oxygen atoms in total. The lowest BCUT2D eigenvalue weighted by atomic mass is 9.94. The highest BCUT2D eigenvalue weighted by atomic mass is 32.1. The summed E-state index contributed by atoms with van der Waals surface area (Å²) in [5.74, 6) is -0.202. The fraction of sp³-hybridized carbons (Fsp3) is 0.462. The molecular formula is C26H28N4O5S. The molecule has 1 spiro atoms. The minimum absolute atomic E-state index is 0.137. The molecule has 10 heteroatoms. The van der Waals surface area contributed by atoms with E-state index in [1.54, 1.807) is 29.5 Å². The van der Waals surface area contributed by atoms with Crippen LogP contribution in [0.3, 0.4) is 0 Å². The molecular weight excluding hydrogens is 480 g/mol. The second-order valence-corrected chi connectivity index (χ2v) is 11.0. The zero-order valence-electron chi connectivity index (χ0n) is 20.0. The summed E-state index contributed by atoms with van der Waals surface area (Å²) in [7, 11) is 1.53. The lowest BCUT2D eigenvalue weighted by Crippen LogP contribution is -2.48. The summed E-state index contributed by atoms with van der Waals surface area (Å²) in [5, 5.41) is 7.28. The van der Waals surface area contributed by atoms with E-state index in [1.807, 2.05) is 4.90 Å². The van der Waals surface area contributed by atoms with Gasteiger partial charge in [-0.15, -0.1) is 11.3 Å². The van der Waals surface area contributed by atoms with Crippen molar-refractivity contribution < 1.29 is 23.9 Å². The second kappa shape index (κ2) is 8.62. The van der Waals surface area contributed by atoms with Crippen LogP contribution in [-0.2, 0) is 39.3 Å². The Balaban J connectivity index is 1.22. The first-order valence-corrected chi connectivity index (χ1v) is 13.3. The molecule has 2 aliphatic carbocycles. The molecule has 1 saturated heterocycles. The maximum absolute atomic E-state index is 13.6. The number of carbonyl (C=O) groups excluding carboxylic acids is 4. The third-order valence-electron chi connectivity index (χ3n) is 7.87. The third kappa shape index (κ3) is 3.75. The molecule has 2 aromatic rings. The van der Waals surface area contributed by atoms with E-state index in [0.29, 0.717) is 36.6 Å². The SMILES string of the molecule is CNC(=O)Nc1ccc2c(c1)CC[C@]21OC(=O)N(CC(=O)N2Cc3ccsc3CCC2C2CC2)C1=O. The van der Waals surface area contributed by atoms with E-state index in [1.165, 1.54) is 11.9 Å². The molecule has 3 heterocycles. The highest BCUT2D eigenvalue weighted by Crippen LogP contribution is 2.46. The van der Waals surface area contributed by atoms with Gasteiger partial charge in [-0.2, -0.15) is 0 Å². The Morgan fingerprint density at radius 3 is 2.75 bits per heavy atom. The van der Waals surface area contributed by atoms with Gasteiger partial charge in [-0.05, 0) is 72.7 Å². The van der Waals surface area contributed by atoms with Crippen molar-refractivity contribution in [1.29, 1.82) is 0 Å². The van der Waals surface area contributed by atoms with Gasteiger partial charge in [0.05, 0.1) is 0 Å². The number of fused-ring (bicyclic) bond motifs is 3. The number of benzene rings is 1. The van der Waals surface area contributed by atoms with Crippen molar-refractivity contribution in [2.75, 3.05) is 18.9 Å². The van der Waals surface area contributed by atoms with Gasteiger partial charge in [-0.3, -0.25) is 9.59 Å². The normalized spacial score (nSPS) is 24.9. The molecule has 2 fully saturated rings. The summed E-state index contributed by atoms with van der Waals surface area (Å²) in [6.45, 7) is 0.207. The molecule has 1 unspecified atom stereocenters. The van der Waals surface area contributed by atoms with Crippen molar-refractivity contribution in [3.8, 4) is 0 Å². The van der Waals surface area contributed by atoms with Crippen LogP contribution < -0.4 is 10.6 Å². The van der Waals surface area contributed by atoms with E-state index in [-0.39, 0.29) is 24.5 Å². The van der Waals surface area contributed by atoms with Crippen LogP contribution >= 0.6 is 11.3 Å². The molecule has 1 saturated carbocycles. The maximum atomic E-state index is 13.6. The Morgan fingerprint density at radius 1 is 1.14 bits per heavy atom. The van der Waals surface area contributed by atoms with Gasteiger partial charge in [0.1, 0.15) is 6.54 Å². The number of carbonyl (C=O) groups is 4. The number of amides is 5. The van der Waals surface area contributed by atoms with Gasteiger partial charge in [0.15, 0.2) is 0 Å². The Hall–Kier alpha value is -3.40. The number of thiophene rings is 1. The van der Waals surface area contributed by atoms with Crippen molar-refractivity contribution in [2.45, 2.75) is 56.7 Å². The molecule has 2 N–H and O–H groups in total. The van der Waals surface area contributed by atoms with Crippen molar-refractivity contribution in [1.82, 2.24) is 15.1 Å². The first-order valence-electron chi connectivity index (χ1n) is 12.4. The highest BCUT2D eigenvalue weighted by molar-refractivity contribution is 7.10. The van der Waals surface area contributed by atoms with Crippen molar-refractivity contribution >= 4 is 41.0 Å². The quantitative estimate of drug-likeness (QED) is 0.658. The number of anilines is 1. The van der Waals surface area contributed by atoms with Gasteiger partial charge < -0.3 is 20.3 Å². The zero-order valence-corrected chi connectivity index (χ0v) is 20.9. The van der Waals surface area contributed by atoms with Crippen molar-refractivity contribution in [3.63, 3.8) is 0 Å². The number of ether oxygens (including phenoxy) is 1. The first-order chi connectivity index (χ1) is 17.4. The monoisotopic (exact) mass is 508 g/mol. The molecule has 1 aromatic heterocycles. The smallest absolute Gasteiger partial charge is 0.418 e. The molecule has 5 amide bonds. The number of hydrogen-bond donors (Lipinski definition) is 2. The minimum Gasteiger partial charge on any atom is -0.427 e. The molecule has 1 aromatic carbocycles. The number of urea groups is 1. The molecule has 2 aliphatic heterocycles. The number of imide groups is 1. The summed E-state index contributed by atoms with van der Waals surface area (Å²) >= 11 is 1.73. The average molecular weight is 509 g/mol. The largest absolute Gasteiger partial charge is 0.427 e. The summed E-state index contributed by atoms with van der Waals surface area (Å²) in [5.41, 5.74) is 1.80. The maximum Gasteiger partial charge on any atom is 0.418 e. The molecule has 6 rings (SSSR count). The topological polar surface area (TPSA) is 108 Å². The summed E-state index contributed by atoms with van der Waals surface area (Å²) in [4.78, 5) is 56.0. The van der Waals surface area contributed by atoms with E-state index in [0.717, 1.165) is 41.7 Å².